The highest BCUT2D eigenvalue weighted by Gasteiger charge is 2.02. The van der Waals surface area contributed by atoms with Gasteiger partial charge >= 0.3 is 5.97 Å². The largest absolute Gasteiger partial charge is 0.494 e. The Morgan fingerprint density at radius 2 is 1.31 bits per heavy atom. The van der Waals surface area contributed by atoms with Gasteiger partial charge in [0.2, 0.25) is 0 Å². The number of ether oxygens (including phenoxy) is 3. The zero-order chi connectivity index (χ0) is 29.6. The second-order valence-electron chi connectivity index (χ2n) is 9.75. The van der Waals surface area contributed by atoms with E-state index in [1.165, 1.54) is 5.56 Å². The van der Waals surface area contributed by atoms with Crippen molar-refractivity contribution in [2.75, 3.05) is 19.8 Å². The average Bonchev–Trinajstić information content (AvgIpc) is 3.03. The third kappa shape index (κ3) is 9.05. The van der Waals surface area contributed by atoms with Crippen LogP contribution in [-0.2, 0) is 16.0 Å². The summed E-state index contributed by atoms with van der Waals surface area (Å²) in [7, 11) is 0. The Kier molecular flexibility index (Phi) is 11.3. The molecule has 0 atom stereocenters. The molecule has 0 saturated heterocycles. The normalized spacial score (nSPS) is 10.1. The Hall–Kier alpha value is -4.93. The molecular formula is C38H36O4. The molecule has 4 aromatic carbocycles. The molecule has 0 saturated carbocycles. The van der Waals surface area contributed by atoms with Gasteiger partial charge < -0.3 is 14.2 Å². The van der Waals surface area contributed by atoms with Crippen LogP contribution in [0.5, 0.6) is 11.5 Å². The smallest absolute Gasteiger partial charge is 0.330 e. The number of fused-ring (bicyclic) bond motifs is 1. The fourth-order valence-electron chi connectivity index (χ4n) is 4.21. The first kappa shape index (κ1) is 30.0. The standard InChI is InChI=1S/C38H36O4/c1-4-7-23-40-36-20-14-29(15-21-36)11-16-33-17-12-30(26-32(33)5-2)9-10-31-13-18-35-28-37(22-19-34(35)27-31)41-24-8-25-42-38(39)6-3/h6,12-15,17-22,26-28H,3-5,7-8,23-25H2,1-2H3. The van der Waals surface area contributed by atoms with Gasteiger partial charge in [0, 0.05) is 34.8 Å². The molecule has 0 aromatic heterocycles. The summed E-state index contributed by atoms with van der Waals surface area (Å²) in [5.41, 5.74) is 5.08. The predicted molar refractivity (Wildman–Crippen MR) is 170 cm³/mol. The summed E-state index contributed by atoms with van der Waals surface area (Å²) in [5, 5.41) is 2.17. The molecule has 4 rings (SSSR count). The predicted octanol–water partition coefficient (Wildman–Crippen LogP) is 7.88. The summed E-state index contributed by atoms with van der Waals surface area (Å²) in [6, 6.07) is 26.3. The van der Waals surface area contributed by atoms with Crippen LogP contribution in [0.25, 0.3) is 10.8 Å². The molecule has 0 spiro atoms. The van der Waals surface area contributed by atoms with Crippen molar-refractivity contribution < 1.29 is 19.0 Å². The minimum atomic E-state index is -0.418. The maximum Gasteiger partial charge on any atom is 0.330 e. The van der Waals surface area contributed by atoms with E-state index in [0.717, 1.165) is 76.5 Å². The number of carbonyl (C=O) groups excluding carboxylic acids is 1. The molecular weight excluding hydrogens is 520 g/mol. The zero-order valence-electron chi connectivity index (χ0n) is 24.4. The molecule has 0 radical (unpaired) electrons. The first-order valence-corrected chi connectivity index (χ1v) is 14.4. The first-order chi connectivity index (χ1) is 20.6. The summed E-state index contributed by atoms with van der Waals surface area (Å²) >= 11 is 0. The van der Waals surface area contributed by atoms with E-state index in [1.807, 2.05) is 54.6 Å². The van der Waals surface area contributed by atoms with Crippen LogP contribution in [0.1, 0.15) is 60.9 Å². The molecule has 4 nitrogen and oxygen atoms in total. The maximum atomic E-state index is 11.1. The Morgan fingerprint density at radius 3 is 2.07 bits per heavy atom. The molecule has 0 aliphatic rings. The molecule has 0 fully saturated rings. The molecule has 0 unspecified atom stereocenters. The number of rotatable bonds is 11. The van der Waals surface area contributed by atoms with Crippen molar-refractivity contribution in [1.29, 1.82) is 0 Å². The number of esters is 1. The van der Waals surface area contributed by atoms with Crippen molar-refractivity contribution in [3.8, 4) is 35.2 Å². The highest BCUT2D eigenvalue weighted by Crippen LogP contribution is 2.22. The van der Waals surface area contributed by atoms with Gasteiger partial charge in [-0.1, -0.05) is 62.7 Å². The van der Waals surface area contributed by atoms with Crippen LogP contribution in [0.3, 0.4) is 0 Å². The highest BCUT2D eigenvalue weighted by atomic mass is 16.5. The van der Waals surface area contributed by atoms with Crippen LogP contribution in [-0.4, -0.2) is 25.8 Å². The van der Waals surface area contributed by atoms with Crippen molar-refractivity contribution in [1.82, 2.24) is 0 Å². The van der Waals surface area contributed by atoms with Crippen molar-refractivity contribution in [3.63, 3.8) is 0 Å². The minimum absolute atomic E-state index is 0.306. The maximum absolute atomic E-state index is 11.1. The Balaban J connectivity index is 1.38. The van der Waals surface area contributed by atoms with Crippen LogP contribution >= 0.6 is 0 Å². The first-order valence-electron chi connectivity index (χ1n) is 14.4. The van der Waals surface area contributed by atoms with Crippen LogP contribution in [0.15, 0.2) is 91.5 Å². The van der Waals surface area contributed by atoms with E-state index >= 15 is 0 Å². The lowest BCUT2D eigenvalue weighted by molar-refractivity contribution is -0.137. The number of carbonyl (C=O) groups is 1. The number of hydrogen-bond donors (Lipinski definition) is 0. The molecule has 42 heavy (non-hydrogen) atoms. The lowest BCUT2D eigenvalue weighted by Gasteiger charge is -2.08. The van der Waals surface area contributed by atoms with Crippen molar-refractivity contribution >= 4 is 16.7 Å². The van der Waals surface area contributed by atoms with Gasteiger partial charge in [-0.05, 0) is 95.9 Å². The van der Waals surface area contributed by atoms with Gasteiger partial charge in [-0.3, -0.25) is 0 Å². The lowest BCUT2D eigenvalue weighted by atomic mass is 10.0. The molecule has 0 N–H and O–H groups in total. The van der Waals surface area contributed by atoms with Gasteiger partial charge in [-0.15, -0.1) is 0 Å². The summed E-state index contributed by atoms with van der Waals surface area (Å²) in [6.07, 6.45) is 4.83. The van der Waals surface area contributed by atoms with Gasteiger partial charge in [0.1, 0.15) is 11.5 Å². The van der Waals surface area contributed by atoms with E-state index in [1.54, 1.807) is 0 Å². The van der Waals surface area contributed by atoms with Gasteiger partial charge in [-0.2, -0.15) is 0 Å². The summed E-state index contributed by atoms with van der Waals surface area (Å²) in [5.74, 6) is 14.5. The second-order valence-corrected chi connectivity index (χ2v) is 9.75. The minimum Gasteiger partial charge on any atom is -0.494 e. The fraction of sp³-hybridized carbons (Fsp3) is 0.237. The van der Waals surface area contributed by atoms with Crippen LogP contribution < -0.4 is 9.47 Å². The van der Waals surface area contributed by atoms with E-state index in [-0.39, 0.29) is 0 Å². The van der Waals surface area contributed by atoms with Gasteiger partial charge in [-0.25, -0.2) is 4.79 Å². The van der Waals surface area contributed by atoms with Crippen LogP contribution in [0.2, 0.25) is 0 Å². The fourth-order valence-corrected chi connectivity index (χ4v) is 4.21. The van der Waals surface area contributed by atoms with E-state index in [9.17, 15) is 4.79 Å². The molecule has 0 heterocycles. The van der Waals surface area contributed by atoms with Crippen molar-refractivity contribution in [2.24, 2.45) is 0 Å². The highest BCUT2D eigenvalue weighted by molar-refractivity contribution is 5.85. The topological polar surface area (TPSA) is 44.8 Å². The second kappa shape index (κ2) is 15.8. The van der Waals surface area contributed by atoms with E-state index < -0.39 is 5.97 Å². The Morgan fingerprint density at radius 1 is 0.690 bits per heavy atom. The number of unbranched alkanes of at least 4 members (excludes halogenated alkanes) is 1. The number of benzene rings is 4. The summed E-state index contributed by atoms with van der Waals surface area (Å²) < 4.78 is 16.5. The van der Waals surface area contributed by atoms with E-state index in [0.29, 0.717) is 19.6 Å². The molecule has 0 aliphatic heterocycles. The number of aryl methyl sites for hydroxylation is 1. The number of hydrogen-bond acceptors (Lipinski definition) is 4. The van der Waals surface area contributed by atoms with Crippen molar-refractivity contribution in [3.05, 3.63) is 119 Å². The lowest BCUT2D eigenvalue weighted by Crippen LogP contribution is -2.06. The van der Waals surface area contributed by atoms with Gasteiger partial charge in [0.15, 0.2) is 0 Å². The van der Waals surface area contributed by atoms with Gasteiger partial charge in [0.25, 0.3) is 0 Å². The molecule has 4 heteroatoms. The Labute approximate surface area is 249 Å². The third-order valence-corrected chi connectivity index (χ3v) is 6.58. The van der Waals surface area contributed by atoms with Crippen molar-refractivity contribution in [2.45, 2.75) is 39.5 Å². The SMILES string of the molecule is C=CC(=O)OCCCOc1ccc2cc(C#Cc3ccc(C#Cc4ccc(OCCCC)cc4)c(CC)c3)ccc2c1. The molecule has 0 aliphatic carbocycles. The van der Waals surface area contributed by atoms with Crippen LogP contribution in [0.4, 0.5) is 0 Å². The monoisotopic (exact) mass is 556 g/mol. The van der Waals surface area contributed by atoms with Gasteiger partial charge in [0.05, 0.1) is 19.8 Å². The van der Waals surface area contributed by atoms with E-state index in [2.05, 4.69) is 68.4 Å². The average molecular weight is 557 g/mol. The third-order valence-electron chi connectivity index (χ3n) is 6.58. The van der Waals surface area contributed by atoms with E-state index in [4.69, 9.17) is 14.2 Å². The summed E-state index contributed by atoms with van der Waals surface area (Å²) in [4.78, 5) is 11.1. The quantitative estimate of drug-likeness (QED) is 0.0816. The Bertz CT molecular complexity index is 1640. The van der Waals surface area contributed by atoms with Crippen LogP contribution in [0, 0.1) is 23.7 Å². The molecule has 0 amide bonds. The zero-order valence-corrected chi connectivity index (χ0v) is 24.4. The molecule has 4 aromatic rings. The molecule has 0 bridgehead atoms. The molecule has 212 valence electrons. The summed E-state index contributed by atoms with van der Waals surface area (Å²) in [6.45, 7) is 9.19.